The molecule has 0 bridgehead atoms. The molecule has 5 heteroatoms. The van der Waals surface area contributed by atoms with Gasteiger partial charge in [-0.15, -0.1) is 0 Å². The van der Waals surface area contributed by atoms with Crippen LogP contribution in [0.3, 0.4) is 0 Å². The molecule has 0 saturated carbocycles. The van der Waals surface area contributed by atoms with Gasteiger partial charge in [-0.2, -0.15) is 0 Å². The number of allylic oxidation sites excluding steroid dienone is 2. The first-order valence-corrected chi connectivity index (χ1v) is 6.19. The molecule has 0 spiro atoms. The van der Waals surface area contributed by atoms with E-state index in [9.17, 15) is 19.8 Å². The summed E-state index contributed by atoms with van der Waals surface area (Å²) in [4.78, 5) is 24.7. The van der Waals surface area contributed by atoms with E-state index in [-0.39, 0.29) is 23.6 Å². The normalized spacial score (nSPS) is 35.1. The van der Waals surface area contributed by atoms with Crippen LogP contribution >= 0.6 is 0 Å². The molecule has 2 heterocycles. The van der Waals surface area contributed by atoms with Gasteiger partial charge in [-0.1, -0.05) is 12.2 Å². The lowest BCUT2D eigenvalue weighted by Crippen LogP contribution is -2.63. The Morgan fingerprint density at radius 1 is 1.56 bits per heavy atom. The summed E-state index contributed by atoms with van der Waals surface area (Å²) in [5.74, 6) is -1.70. The number of hydrogen-bond acceptors (Lipinski definition) is 3. The molecule has 2 aliphatic heterocycles. The molecule has 5 nitrogen and oxygen atoms in total. The molecule has 1 amide bonds. The van der Waals surface area contributed by atoms with Crippen LogP contribution < -0.4 is 0 Å². The quantitative estimate of drug-likeness (QED) is 0.699. The van der Waals surface area contributed by atoms with Crippen LogP contribution in [0.4, 0.5) is 0 Å². The molecule has 1 saturated heterocycles. The fourth-order valence-corrected chi connectivity index (χ4v) is 3.45. The molecule has 18 heavy (non-hydrogen) atoms. The van der Waals surface area contributed by atoms with Crippen molar-refractivity contribution in [2.24, 2.45) is 11.8 Å². The summed E-state index contributed by atoms with van der Waals surface area (Å²) in [7, 11) is 0. The number of aliphatic carboxylic acids is 1. The van der Waals surface area contributed by atoms with Crippen molar-refractivity contribution in [1.29, 1.82) is 0 Å². The van der Waals surface area contributed by atoms with Gasteiger partial charge in [-0.3, -0.25) is 4.79 Å². The highest BCUT2D eigenvalue weighted by Crippen LogP contribution is 2.50. The minimum Gasteiger partial charge on any atom is -0.477 e. The van der Waals surface area contributed by atoms with Gasteiger partial charge in [0.2, 0.25) is 5.91 Å². The lowest BCUT2D eigenvalue weighted by atomic mass is 9.74. The zero-order valence-corrected chi connectivity index (χ0v) is 10.0. The second kappa shape index (κ2) is 3.68. The molecule has 0 aromatic carbocycles. The van der Waals surface area contributed by atoms with E-state index in [1.807, 2.05) is 12.2 Å². The summed E-state index contributed by atoms with van der Waals surface area (Å²) in [6, 6.07) is -0.163. The second-order valence-electron chi connectivity index (χ2n) is 5.16. The SMILES string of the molecule is C[C@@H](O)[C@H]1C(=O)N2C(C(=O)O)=C3C=CCC[C@H]3[C@H]12. The zero-order valence-electron chi connectivity index (χ0n) is 10.0. The summed E-state index contributed by atoms with van der Waals surface area (Å²) in [5.41, 5.74) is 0.859. The molecule has 0 aromatic heterocycles. The lowest BCUT2D eigenvalue weighted by molar-refractivity contribution is -0.163. The Bertz CT molecular complexity index is 491. The van der Waals surface area contributed by atoms with Gasteiger partial charge in [-0.05, 0) is 25.3 Å². The van der Waals surface area contributed by atoms with Crippen LogP contribution in [-0.4, -0.2) is 39.1 Å². The summed E-state index contributed by atoms with van der Waals surface area (Å²) < 4.78 is 0. The van der Waals surface area contributed by atoms with Crippen LogP contribution in [0.5, 0.6) is 0 Å². The van der Waals surface area contributed by atoms with E-state index in [1.165, 1.54) is 4.90 Å². The summed E-state index contributed by atoms with van der Waals surface area (Å²) in [6.07, 6.45) is 4.79. The van der Waals surface area contributed by atoms with Crippen LogP contribution in [0.15, 0.2) is 23.4 Å². The number of aliphatic hydroxyl groups excluding tert-OH is 1. The molecule has 4 atom stereocenters. The minimum atomic E-state index is -1.05. The average molecular weight is 249 g/mol. The fourth-order valence-electron chi connectivity index (χ4n) is 3.45. The smallest absolute Gasteiger partial charge is 0.352 e. The lowest BCUT2D eigenvalue weighted by Gasteiger charge is -2.47. The van der Waals surface area contributed by atoms with Crippen molar-refractivity contribution in [3.63, 3.8) is 0 Å². The van der Waals surface area contributed by atoms with Gasteiger partial charge in [0, 0.05) is 5.92 Å². The largest absolute Gasteiger partial charge is 0.477 e. The monoisotopic (exact) mass is 249 g/mol. The number of carbonyl (C=O) groups is 2. The molecular weight excluding hydrogens is 234 g/mol. The average Bonchev–Trinajstić information content (AvgIpc) is 2.60. The number of carboxylic acids is 1. The van der Waals surface area contributed by atoms with E-state index in [1.54, 1.807) is 6.92 Å². The number of fused-ring (bicyclic) bond motifs is 3. The molecule has 1 fully saturated rings. The zero-order chi connectivity index (χ0) is 13.0. The fraction of sp³-hybridized carbons (Fsp3) is 0.538. The third-order valence-corrected chi connectivity index (χ3v) is 4.18. The Hall–Kier alpha value is -1.62. The predicted octanol–water partition coefficient (Wildman–Crippen LogP) is 0.513. The number of β-lactam (4-membered cyclic amide) rings is 1. The van der Waals surface area contributed by atoms with Gasteiger partial charge in [0.15, 0.2) is 0 Å². The van der Waals surface area contributed by atoms with E-state index in [2.05, 4.69) is 0 Å². The van der Waals surface area contributed by atoms with Crippen molar-refractivity contribution in [2.45, 2.75) is 31.9 Å². The van der Waals surface area contributed by atoms with Gasteiger partial charge >= 0.3 is 5.97 Å². The highest BCUT2D eigenvalue weighted by atomic mass is 16.4. The minimum absolute atomic E-state index is 0.0680. The van der Waals surface area contributed by atoms with Gasteiger partial charge in [0.25, 0.3) is 0 Å². The van der Waals surface area contributed by atoms with Crippen molar-refractivity contribution >= 4 is 11.9 Å². The summed E-state index contributed by atoms with van der Waals surface area (Å²) in [5, 5.41) is 18.9. The first-order valence-electron chi connectivity index (χ1n) is 6.19. The van der Waals surface area contributed by atoms with Gasteiger partial charge in [-0.25, -0.2) is 4.79 Å². The maximum Gasteiger partial charge on any atom is 0.352 e. The Morgan fingerprint density at radius 3 is 2.89 bits per heavy atom. The van der Waals surface area contributed by atoms with Gasteiger partial charge in [0.1, 0.15) is 5.70 Å². The Labute approximate surface area is 104 Å². The molecule has 0 radical (unpaired) electrons. The predicted molar refractivity (Wildman–Crippen MR) is 62.3 cm³/mol. The molecule has 3 aliphatic rings. The van der Waals surface area contributed by atoms with E-state index in [4.69, 9.17) is 0 Å². The molecule has 3 rings (SSSR count). The maximum absolute atomic E-state index is 12.0. The molecule has 0 unspecified atom stereocenters. The van der Waals surface area contributed by atoms with Gasteiger partial charge in [0.05, 0.1) is 18.1 Å². The number of amides is 1. The first-order chi connectivity index (χ1) is 8.54. The third kappa shape index (κ3) is 1.25. The van der Waals surface area contributed by atoms with E-state index in [0.29, 0.717) is 0 Å². The number of nitrogens with zero attached hydrogens (tertiary/aromatic N) is 1. The summed E-state index contributed by atoms with van der Waals surface area (Å²) in [6.45, 7) is 1.59. The molecule has 2 N–H and O–H groups in total. The van der Waals surface area contributed by atoms with E-state index in [0.717, 1.165) is 18.4 Å². The molecule has 1 aliphatic carbocycles. The van der Waals surface area contributed by atoms with E-state index < -0.39 is 18.0 Å². The molecule has 96 valence electrons. The summed E-state index contributed by atoms with van der Waals surface area (Å²) >= 11 is 0. The Balaban J connectivity index is 2.04. The van der Waals surface area contributed by atoms with Crippen LogP contribution in [-0.2, 0) is 9.59 Å². The second-order valence-corrected chi connectivity index (χ2v) is 5.16. The molecule has 0 aromatic rings. The van der Waals surface area contributed by atoms with Crippen molar-refractivity contribution in [3.8, 4) is 0 Å². The van der Waals surface area contributed by atoms with E-state index >= 15 is 0 Å². The van der Waals surface area contributed by atoms with Crippen LogP contribution in [0, 0.1) is 11.8 Å². The Morgan fingerprint density at radius 2 is 2.28 bits per heavy atom. The highest BCUT2D eigenvalue weighted by Gasteiger charge is 2.60. The number of rotatable bonds is 2. The van der Waals surface area contributed by atoms with Crippen LogP contribution in [0.2, 0.25) is 0 Å². The Kier molecular flexibility index (Phi) is 2.35. The van der Waals surface area contributed by atoms with Crippen LogP contribution in [0.1, 0.15) is 19.8 Å². The molecular formula is C13H15NO4. The third-order valence-electron chi connectivity index (χ3n) is 4.18. The number of aliphatic hydroxyl groups is 1. The van der Waals surface area contributed by atoms with Crippen molar-refractivity contribution in [1.82, 2.24) is 4.90 Å². The van der Waals surface area contributed by atoms with Gasteiger partial charge < -0.3 is 15.1 Å². The number of carboxylic acid groups (broad SMARTS) is 1. The van der Waals surface area contributed by atoms with Crippen molar-refractivity contribution in [2.75, 3.05) is 0 Å². The van der Waals surface area contributed by atoms with Crippen LogP contribution in [0.25, 0.3) is 0 Å². The standard InChI is InChI=1S/C13H15NO4/c1-6(15)9-10-7-4-2-3-5-8(7)11(13(17)18)14(10)12(9)16/h3,5-7,9-10,15H,2,4H2,1H3,(H,17,18)/t6-,7-,9-,10-/m1/s1. The topological polar surface area (TPSA) is 77.8 Å². The first kappa shape index (κ1) is 11.5. The number of carbonyl (C=O) groups excluding carboxylic acids is 1. The number of hydrogen-bond donors (Lipinski definition) is 2. The highest BCUT2D eigenvalue weighted by molar-refractivity contribution is 6.00. The maximum atomic E-state index is 12.0. The van der Waals surface area contributed by atoms with Crippen molar-refractivity contribution < 1.29 is 19.8 Å². The van der Waals surface area contributed by atoms with Crippen molar-refractivity contribution in [3.05, 3.63) is 23.4 Å².